The molecule has 1 aliphatic heterocycles. The molecule has 0 aliphatic carbocycles. The third-order valence-electron chi connectivity index (χ3n) is 6.52. The molecular weight excluding hydrogens is 452 g/mol. The maximum Gasteiger partial charge on any atom is 0.257 e. The summed E-state index contributed by atoms with van der Waals surface area (Å²) in [5.74, 6) is 0.479. The number of nitrogens with zero attached hydrogens (tertiary/aromatic N) is 4. The number of hydrogen-bond acceptors (Lipinski definition) is 5. The largest absolute Gasteiger partial charge is 0.496 e. The minimum absolute atomic E-state index is 0.00149. The van der Waals surface area contributed by atoms with Gasteiger partial charge in [-0.25, -0.2) is 0 Å². The van der Waals surface area contributed by atoms with Gasteiger partial charge in [0.15, 0.2) is 0 Å². The van der Waals surface area contributed by atoms with Crippen LogP contribution >= 0.6 is 0 Å². The van der Waals surface area contributed by atoms with Crippen LogP contribution in [-0.4, -0.2) is 59.9 Å². The second kappa shape index (κ2) is 12.3. The fraction of sp³-hybridized carbons (Fsp3) is 0.345. The quantitative estimate of drug-likeness (QED) is 0.548. The highest BCUT2D eigenvalue weighted by molar-refractivity contribution is 5.97. The van der Waals surface area contributed by atoms with Crippen molar-refractivity contribution >= 4 is 17.5 Å². The Kier molecular flexibility index (Phi) is 8.68. The number of para-hydroxylation sites is 2. The van der Waals surface area contributed by atoms with Gasteiger partial charge in [-0.05, 0) is 48.7 Å². The zero-order valence-electron chi connectivity index (χ0n) is 21.1. The molecule has 0 radical (unpaired) electrons. The highest BCUT2D eigenvalue weighted by atomic mass is 16.5. The molecule has 1 aromatic heterocycles. The molecule has 3 aromatic rings. The van der Waals surface area contributed by atoms with Crippen molar-refractivity contribution in [2.24, 2.45) is 0 Å². The summed E-state index contributed by atoms with van der Waals surface area (Å²) in [6.07, 6.45) is 3.49. The van der Waals surface area contributed by atoms with Crippen LogP contribution in [0, 0.1) is 0 Å². The number of methoxy groups -OCH3 is 1. The molecule has 0 bridgehead atoms. The van der Waals surface area contributed by atoms with Gasteiger partial charge in [0, 0.05) is 58.1 Å². The molecular formula is C29H34N4O3. The number of rotatable bonds is 4. The molecule has 0 saturated carbocycles. The fourth-order valence-electron chi connectivity index (χ4n) is 4.73. The SMILES string of the molecule is COc1ccccc1C(=O)N1CCCN(Cc2ccccn2)CCCN(C(C)=O)c2ccccc2C1. The highest BCUT2D eigenvalue weighted by Crippen LogP contribution is 2.26. The number of pyridine rings is 1. The summed E-state index contributed by atoms with van der Waals surface area (Å²) < 4.78 is 5.48. The number of carbonyl (C=O) groups is 2. The fourth-order valence-corrected chi connectivity index (χ4v) is 4.73. The molecule has 1 aliphatic rings. The van der Waals surface area contributed by atoms with Crippen LogP contribution in [0.3, 0.4) is 0 Å². The van der Waals surface area contributed by atoms with E-state index in [0.717, 1.165) is 49.4 Å². The molecule has 188 valence electrons. The van der Waals surface area contributed by atoms with Gasteiger partial charge in [0.05, 0.1) is 18.4 Å². The number of ether oxygens (including phenoxy) is 1. The van der Waals surface area contributed by atoms with E-state index in [-0.39, 0.29) is 11.8 Å². The van der Waals surface area contributed by atoms with Crippen LogP contribution in [0.25, 0.3) is 0 Å². The molecule has 36 heavy (non-hydrogen) atoms. The summed E-state index contributed by atoms with van der Waals surface area (Å²) >= 11 is 0. The Bertz CT molecular complexity index is 1170. The van der Waals surface area contributed by atoms with Crippen molar-refractivity contribution in [3.8, 4) is 5.75 Å². The summed E-state index contributed by atoms with van der Waals surface area (Å²) in [5, 5.41) is 0. The van der Waals surface area contributed by atoms with Gasteiger partial charge in [0.2, 0.25) is 5.91 Å². The Morgan fingerprint density at radius 1 is 0.889 bits per heavy atom. The van der Waals surface area contributed by atoms with Gasteiger partial charge in [-0.3, -0.25) is 19.5 Å². The van der Waals surface area contributed by atoms with Gasteiger partial charge >= 0.3 is 0 Å². The molecule has 4 rings (SSSR count). The Morgan fingerprint density at radius 3 is 2.36 bits per heavy atom. The smallest absolute Gasteiger partial charge is 0.257 e. The van der Waals surface area contributed by atoms with E-state index in [9.17, 15) is 9.59 Å². The topological polar surface area (TPSA) is 66.0 Å². The lowest BCUT2D eigenvalue weighted by molar-refractivity contribution is -0.116. The number of amides is 2. The van der Waals surface area contributed by atoms with Crippen molar-refractivity contribution in [3.63, 3.8) is 0 Å². The second-order valence-corrected chi connectivity index (χ2v) is 9.03. The Morgan fingerprint density at radius 2 is 1.61 bits per heavy atom. The summed E-state index contributed by atoms with van der Waals surface area (Å²) in [7, 11) is 1.58. The normalized spacial score (nSPS) is 15.4. The predicted molar refractivity (Wildman–Crippen MR) is 141 cm³/mol. The number of carbonyl (C=O) groups excluding carboxylic acids is 2. The number of fused-ring (bicyclic) bond motifs is 1. The first kappa shape index (κ1) is 25.4. The van der Waals surface area contributed by atoms with E-state index < -0.39 is 0 Å². The minimum Gasteiger partial charge on any atom is -0.496 e. The van der Waals surface area contributed by atoms with Crippen LogP contribution in [0.2, 0.25) is 0 Å². The van der Waals surface area contributed by atoms with E-state index >= 15 is 0 Å². The van der Waals surface area contributed by atoms with Gasteiger partial charge in [-0.2, -0.15) is 0 Å². The standard InChI is InChI=1S/C29H34N4O3/c1-23(34)33-20-10-18-31(22-25-12-7-8-16-30-25)17-9-19-32(21-24-11-3-5-14-27(24)33)29(35)26-13-4-6-15-28(26)36-2/h3-8,11-16H,9-10,17-22H2,1-2H3. The average molecular weight is 487 g/mol. The predicted octanol–water partition coefficient (Wildman–Crippen LogP) is 4.38. The second-order valence-electron chi connectivity index (χ2n) is 9.03. The van der Waals surface area contributed by atoms with Crippen LogP contribution in [-0.2, 0) is 17.9 Å². The van der Waals surface area contributed by atoms with Crippen LogP contribution in [0.1, 0.15) is 41.4 Å². The van der Waals surface area contributed by atoms with E-state index in [4.69, 9.17) is 4.74 Å². The highest BCUT2D eigenvalue weighted by Gasteiger charge is 2.23. The zero-order valence-corrected chi connectivity index (χ0v) is 21.1. The number of anilines is 1. The molecule has 0 fully saturated rings. The summed E-state index contributed by atoms with van der Waals surface area (Å²) in [6, 6.07) is 21.2. The van der Waals surface area contributed by atoms with E-state index in [1.807, 2.05) is 76.7 Å². The van der Waals surface area contributed by atoms with E-state index in [2.05, 4.69) is 9.88 Å². The zero-order chi connectivity index (χ0) is 25.3. The summed E-state index contributed by atoms with van der Waals surface area (Å²) in [5.41, 5.74) is 3.38. The van der Waals surface area contributed by atoms with Gasteiger partial charge < -0.3 is 14.5 Å². The van der Waals surface area contributed by atoms with Crippen LogP contribution in [0.5, 0.6) is 5.75 Å². The lowest BCUT2D eigenvalue weighted by Crippen LogP contribution is -2.38. The van der Waals surface area contributed by atoms with Gasteiger partial charge in [0.25, 0.3) is 5.91 Å². The number of benzene rings is 2. The van der Waals surface area contributed by atoms with E-state index in [0.29, 0.717) is 30.9 Å². The third-order valence-corrected chi connectivity index (χ3v) is 6.52. The first-order chi connectivity index (χ1) is 17.6. The monoisotopic (exact) mass is 486 g/mol. The number of hydrogen-bond donors (Lipinski definition) is 0. The summed E-state index contributed by atoms with van der Waals surface area (Å²) in [6.45, 7) is 5.62. The van der Waals surface area contributed by atoms with Gasteiger partial charge in [0.1, 0.15) is 5.75 Å². The van der Waals surface area contributed by atoms with Crippen molar-refractivity contribution in [1.29, 1.82) is 0 Å². The van der Waals surface area contributed by atoms with Crippen molar-refractivity contribution in [2.75, 3.05) is 38.2 Å². The summed E-state index contributed by atoms with van der Waals surface area (Å²) in [4.78, 5) is 37.0. The third kappa shape index (κ3) is 6.29. The molecule has 0 N–H and O–H groups in total. The molecule has 0 atom stereocenters. The molecule has 2 aromatic carbocycles. The Labute approximate surface area is 213 Å². The van der Waals surface area contributed by atoms with Gasteiger partial charge in [-0.1, -0.05) is 36.4 Å². The van der Waals surface area contributed by atoms with Crippen LogP contribution in [0.4, 0.5) is 5.69 Å². The number of aromatic nitrogens is 1. The van der Waals surface area contributed by atoms with Crippen molar-refractivity contribution < 1.29 is 14.3 Å². The molecule has 2 amide bonds. The van der Waals surface area contributed by atoms with Gasteiger partial charge in [-0.15, -0.1) is 0 Å². The first-order valence-electron chi connectivity index (χ1n) is 12.5. The molecule has 7 nitrogen and oxygen atoms in total. The molecule has 0 spiro atoms. The lowest BCUT2D eigenvalue weighted by atomic mass is 10.1. The lowest BCUT2D eigenvalue weighted by Gasteiger charge is -2.31. The van der Waals surface area contributed by atoms with Crippen LogP contribution < -0.4 is 9.64 Å². The Hall–Kier alpha value is -3.71. The van der Waals surface area contributed by atoms with Crippen molar-refractivity contribution in [1.82, 2.24) is 14.8 Å². The van der Waals surface area contributed by atoms with Crippen molar-refractivity contribution in [3.05, 3.63) is 89.7 Å². The van der Waals surface area contributed by atoms with E-state index in [1.165, 1.54) is 0 Å². The van der Waals surface area contributed by atoms with E-state index in [1.54, 1.807) is 20.1 Å². The minimum atomic E-state index is -0.0787. The maximum absolute atomic E-state index is 13.7. The van der Waals surface area contributed by atoms with Crippen molar-refractivity contribution in [2.45, 2.75) is 32.9 Å². The molecule has 7 heteroatoms. The molecule has 2 heterocycles. The average Bonchev–Trinajstić information content (AvgIpc) is 2.90. The Balaban J connectivity index is 1.65. The first-order valence-corrected chi connectivity index (χ1v) is 12.5. The van der Waals surface area contributed by atoms with Crippen LogP contribution in [0.15, 0.2) is 72.9 Å². The molecule has 0 unspecified atom stereocenters. The molecule has 0 saturated heterocycles. The maximum atomic E-state index is 13.7.